The molecule has 0 saturated heterocycles. The van der Waals surface area contributed by atoms with Gasteiger partial charge in [0.15, 0.2) is 5.15 Å². The maximum atomic E-state index is 11.9. The van der Waals surface area contributed by atoms with Crippen LogP contribution in [0.2, 0.25) is 5.15 Å². The van der Waals surface area contributed by atoms with Crippen molar-refractivity contribution in [2.24, 2.45) is 0 Å². The van der Waals surface area contributed by atoms with Crippen LogP contribution in [0.3, 0.4) is 0 Å². The molecule has 0 aliphatic rings. The smallest absolute Gasteiger partial charge is 0.268 e. The average Bonchev–Trinajstić information content (AvgIpc) is 2.33. The van der Waals surface area contributed by atoms with Gasteiger partial charge in [-0.3, -0.25) is 9.36 Å². The van der Waals surface area contributed by atoms with E-state index in [2.05, 4.69) is 31.1 Å². The topological polar surface area (TPSA) is 60.7 Å². The van der Waals surface area contributed by atoms with Gasteiger partial charge in [-0.2, -0.15) is 5.10 Å². The van der Waals surface area contributed by atoms with Crippen LogP contribution in [0.15, 0.2) is 27.7 Å². The molecular weight excluding hydrogens is 307 g/mol. The average molecular weight is 316 g/mol. The highest BCUT2D eigenvalue weighted by Gasteiger charge is 2.06. The predicted octanol–water partition coefficient (Wildman–Crippen LogP) is 1.81. The van der Waals surface area contributed by atoms with E-state index in [0.717, 1.165) is 0 Å². The molecular formula is C10H8BrClN4O. The number of aryl methyl sites for hydroxylation is 1. The summed E-state index contributed by atoms with van der Waals surface area (Å²) in [7, 11) is 0. The zero-order valence-corrected chi connectivity index (χ0v) is 11.2. The third-order valence-electron chi connectivity index (χ3n) is 2.18. The summed E-state index contributed by atoms with van der Waals surface area (Å²) in [5.41, 5.74) is 1.16. The minimum Gasteiger partial charge on any atom is -0.292 e. The van der Waals surface area contributed by atoms with E-state index in [1.54, 1.807) is 19.1 Å². The van der Waals surface area contributed by atoms with Crippen LogP contribution in [0, 0.1) is 6.92 Å². The first kappa shape index (κ1) is 12.2. The van der Waals surface area contributed by atoms with Crippen molar-refractivity contribution in [3.05, 3.63) is 49.8 Å². The van der Waals surface area contributed by atoms with Gasteiger partial charge in [-0.1, -0.05) is 11.6 Å². The van der Waals surface area contributed by atoms with E-state index in [0.29, 0.717) is 27.6 Å². The minimum atomic E-state index is -0.144. The molecule has 5 nitrogen and oxygen atoms in total. The molecule has 0 bridgehead atoms. The van der Waals surface area contributed by atoms with Crippen LogP contribution in [-0.4, -0.2) is 19.7 Å². The Labute approximate surface area is 111 Å². The summed E-state index contributed by atoms with van der Waals surface area (Å²) in [6, 6.07) is 3.35. The largest absolute Gasteiger partial charge is 0.292 e. The van der Waals surface area contributed by atoms with Crippen molar-refractivity contribution in [3.8, 4) is 0 Å². The second kappa shape index (κ2) is 4.93. The van der Waals surface area contributed by atoms with Gasteiger partial charge in [-0.05, 0) is 35.0 Å². The zero-order valence-electron chi connectivity index (χ0n) is 8.89. The Hall–Kier alpha value is -1.27. The van der Waals surface area contributed by atoms with E-state index in [-0.39, 0.29) is 5.56 Å². The monoisotopic (exact) mass is 314 g/mol. The summed E-state index contributed by atoms with van der Waals surface area (Å²) in [4.78, 5) is 16.0. The predicted molar refractivity (Wildman–Crippen MR) is 67.1 cm³/mol. The van der Waals surface area contributed by atoms with Gasteiger partial charge >= 0.3 is 0 Å². The number of hydrogen-bond donors (Lipinski definition) is 0. The lowest BCUT2D eigenvalue weighted by atomic mass is 10.4. The zero-order chi connectivity index (χ0) is 12.4. The van der Waals surface area contributed by atoms with Crippen LogP contribution in [-0.2, 0) is 6.54 Å². The summed E-state index contributed by atoms with van der Waals surface area (Å²) in [6.07, 6.45) is 1.48. The number of rotatable bonds is 2. The molecule has 88 valence electrons. The van der Waals surface area contributed by atoms with Crippen LogP contribution >= 0.6 is 27.5 Å². The van der Waals surface area contributed by atoms with Crippen molar-refractivity contribution >= 4 is 27.5 Å². The van der Waals surface area contributed by atoms with E-state index in [9.17, 15) is 4.79 Å². The van der Waals surface area contributed by atoms with Crippen LogP contribution < -0.4 is 5.56 Å². The first-order valence-electron chi connectivity index (χ1n) is 4.77. The van der Waals surface area contributed by atoms with Gasteiger partial charge in [0.05, 0.1) is 24.3 Å². The van der Waals surface area contributed by atoms with Crippen LogP contribution in [0.1, 0.15) is 11.4 Å². The summed E-state index contributed by atoms with van der Waals surface area (Å²) >= 11 is 8.83. The molecule has 2 aromatic rings. The van der Waals surface area contributed by atoms with E-state index in [1.165, 1.54) is 10.9 Å². The molecule has 2 aromatic heterocycles. The molecule has 7 heteroatoms. The van der Waals surface area contributed by atoms with Crippen LogP contribution in [0.5, 0.6) is 0 Å². The van der Waals surface area contributed by atoms with Gasteiger partial charge in [0, 0.05) is 0 Å². The Balaban J connectivity index is 2.34. The fraction of sp³-hybridized carbons (Fsp3) is 0.200. The van der Waals surface area contributed by atoms with Gasteiger partial charge in [0.2, 0.25) is 0 Å². The van der Waals surface area contributed by atoms with Gasteiger partial charge in [-0.15, -0.1) is 5.10 Å². The molecule has 0 saturated carbocycles. The molecule has 0 unspecified atom stereocenters. The Morgan fingerprint density at radius 3 is 2.82 bits per heavy atom. The summed E-state index contributed by atoms with van der Waals surface area (Å²) in [5, 5.41) is 7.92. The van der Waals surface area contributed by atoms with Crippen molar-refractivity contribution < 1.29 is 0 Å². The Morgan fingerprint density at radius 1 is 1.41 bits per heavy atom. The molecule has 0 aliphatic heterocycles. The second-order valence-electron chi connectivity index (χ2n) is 3.42. The normalized spacial score (nSPS) is 10.5. The lowest BCUT2D eigenvalue weighted by molar-refractivity contribution is 0.697. The van der Waals surface area contributed by atoms with Crippen LogP contribution in [0.25, 0.3) is 0 Å². The molecule has 2 heterocycles. The Morgan fingerprint density at radius 2 is 2.18 bits per heavy atom. The highest BCUT2D eigenvalue weighted by atomic mass is 79.9. The number of halogens is 2. The standard InChI is InChI=1S/C10H8BrClN4O/c1-6-9(11)10(17)16(5-13-6)4-7-2-3-8(12)15-14-7/h2-3,5H,4H2,1H3. The maximum absolute atomic E-state index is 11.9. The molecule has 0 amide bonds. The Kier molecular flexibility index (Phi) is 3.54. The molecule has 0 atom stereocenters. The fourth-order valence-corrected chi connectivity index (χ4v) is 1.69. The van der Waals surface area contributed by atoms with Crippen LogP contribution in [0.4, 0.5) is 0 Å². The molecule has 0 aliphatic carbocycles. The molecule has 17 heavy (non-hydrogen) atoms. The first-order valence-corrected chi connectivity index (χ1v) is 5.94. The highest BCUT2D eigenvalue weighted by molar-refractivity contribution is 9.10. The minimum absolute atomic E-state index is 0.144. The number of hydrogen-bond acceptors (Lipinski definition) is 4. The van der Waals surface area contributed by atoms with E-state index in [4.69, 9.17) is 11.6 Å². The molecule has 2 rings (SSSR count). The summed E-state index contributed by atoms with van der Waals surface area (Å²) in [5.74, 6) is 0. The van der Waals surface area contributed by atoms with Crippen molar-refractivity contribution in [1.29, 1.82) is 0 Å². The second-order valence-corrected chi connectivity index (χ2v) is 4.60. The van der Waals surface area contributed by atoms with E-state index < -0.39 is 0 Å². The molecule has 0 radical (unpaired) electrons. The Bertz CT molecular complexity index is 596. The maximum Gasteiger partial charge on any atom is 0.268 e. The quantitative estimate of drug-likeness (QED) is 0.848. The van der Waals surface area contributed by atoms with Gasteiger partial charge in [0.25, 0.3) is 5.56 Å². The van der Waals surface area contributed by atoms with Crippen molar-refractivity contribution in [2.75, 3.05) is 0 Å². The molecule has 0 fully saturated rings. The summed E-state index contributed by atoms with van der Waals surface area (Å²) < 4.78 is 1.91. The van der Waals surface area contributed by atoms with Gasteiger partial charge < -0.3 is 0 Å². The third-order valence-corrected chi connectivity index (χ3v) is 3.29. The van der Waals surface area contributed by atoms with Crippen molar-refractivity contribution in [1.82, 2.24) is 19.7 Å². The van der Waals surface area contributed by atoms with Gasteiger partial charge in [0.1, 0.15) is 4.47 Å². The fourth-order valence-electron chi connectivity index (χ4n) is 1.26. The lowest BCUT2D eigenvalue weighted by Crippen LogP contribution is -2.23. The molecule has 0 aromatic carbocycles. The number of nitrogens with zero attached hydrogens (tertiary/aromatic N) is 4. The lowest BCUT2D eigenvalue weighted by Gasteiger charge is -2.05. The molecule has 0 N–H and O–H groups in total. The molecule has 0 spiro atoms. The SMILES string of the molecule is Cc1ncn(Cc2ccc(Cl)nn2)c(=O)c1Br. The van der Waals surface area contributed by atoms with Crippen molar-refractivity contribution in [3.63, 3.8) is 0 Å². The number of aromatic nitrogens is 4. The van der Waals surface area contributed by atoms with Crippen molar-refractivity contribution in [2.45, 2.75) is 13.5 Å². The summed E-state index contributed by atoms with van der Waals surface area (Å²) in [6.45, 7) is 2.08. The van der Waals surface area contributed by atoms with Gasteiger partial charge in [-0.25, -0.2) is 4.98 Å². The first-order chi connectivity index (χ1) is 8.08. The highest BCUT2D eigenvalue weighted by Crippen LogP contribution is 2.07. The van der Waals surface area contributed by atoms with E-state index in [1.807, 2.05) is 0 Å². The van der Waals surface area contributed by atoms with E-state index >= 15 is 0 Å². The third kappa shape index (κ3) is 2.70.